The maximum atomic E-state index is 11.5. The van der Waals surface area contributed by atoms with Crippen LogP contribution in [0.3, 0.4) is 0 Å². The van der Waals surface area contributed by atoms with Crippen molar-refractivity contribution in [2.24, 2.45) is 11.7 Å². The number of carbonyl (C=O) groups excluding carboxylic acids is 2. The van der Waals surface area contributed by atoms with Gasteiger partial charge >= 0.3 is 0 Å². The van der Waals surface area contributed by atoms with Crippen LogP contribution in [0.4, 0.5) is 0 Å². The Labute approximate surface area is 97.2 Å². The molecule has 0 saturated carbocycles. The van der Waals surface area contributed by atoms with Gasteiger partial charge in [0.25, 0.3) is 0 Å². The molecule has 0 aliphatic rings. The van der Waals surface area contributed by atoms with Crippen LogP contribution in [-0.2, 0) is 9.59 Å². The molecule has 0 aromatic carbocycles. The highest BCUT2D eigenvalue weighted by atomic mass is 16.2. The minimum absolute atomic E-state index is 0.0903. The molecule has 0 radical (unpaired) electrons. The lowest BCUT2D eigenvalue weighted by Gasteiger charge is -2.23. The molecule has 0 aliphatic heterocycles. The van der Waals surface area contributed by atoms with Crippen molar-refractivity contribution >= 4 is 11.8 Å². The largest absolute Gasteiger partial charge is 0.368 e. The van der Waals surface area contributed by atoms with Gasteiger partial charge in [-0.05, 0) is 26.7 Å². The quantitative estimate of drug-likeness (QED) is 0.599. The highest BCUT2D eigenvalue weighted by Crippen LogP contribution is 2.01. The van der Waals surface area contributed by atoms with Gasteiger partial charge in [-0.1, -0.05) is 13.8 Å². The summed E-state index contributed by atoms with van der Waals surface area (Å²) >= 11 is 0. The molecule has 2 amide bonds. The van der Waals surface area contributed by atoms with Crippen molar-refractivity contribution in [1.82, 2.24) is 10.6 Å². The van der Waals surface area contributed by atoms with E-state index in [1.54, 1.807) is 13.8 Å². The number of primary amides is 1. The SMILES string of the molecule is CC(C)C(C)NC(=O)CNC(C)(C)C(N)=O. The summed E-state index contributed by atoms with van der Waals surface area (Å²) in [6.07, 6.45) is 0. The van der Waals surface area contributed by atoms with E-state index in [1.807, 2.05) is 20.8 Å². The molecule has 0 aromatic rings. The monoisotopic (exact) mass is 229 g/mol. The van der Waals surface area contributed by atoms with Gasteiger partial charge in [0.15, 0.2) is 0 Å². The average Bonchev–Trinajstić information content (AvgIpc) is 2.14. The normalized spacial score (nSPS) is 13.6. The fraction of sp³-hybridized carbons (Fsp3) is 0.818. The first kappa shape index (κ1) is 14.9. The van der Waals surface area contributed by atoms with E-state index in [-0.39, 0.29) is 18.5 Å². The summed E-state index contributed by atoms with van der Waals surface area (Å²) in [6.45, 7) is 9.40. The van der Waals surface area contributed by atoms with Gasteiger partial charge in [0.05, 0.1) is 12.1 Å². The Morgan fingerprint density at radius 1 is 1.25 bits per heavy atom. The molecular weight excluding hydrogens is 206 g/mol. The predicted octanol–water partition coefficient (Wildman–Crippen LogP) is 0.000600. The molecule has 1 atom stereocenters. The minimum atomic E-state index is -0.863. The Morgan fingerprint density at radius 2 is 1.75 bits per heavy atom. The van der Waals surface area contributed by atoms with Crippen LogP contribution in [0.1, 0.15) is 34.6 Å². The smallest absolute Gasteiger partial charge is 0.237 e. The van der Waals surface area contributed by atoms with Crippen LogP contribution >= 0.6 is 0 Å². The van der Waals surface area contributed by atoms with Crippen molar-refractivity contribution < 1.29 is 9.59 Å². The molecule has 0 rings (SSSR count). The number of nitrogens with two attached hydrogens (primary N) is 1. The molecule has 4 N–H and O–H groups in total. The van der Waals surface area contributed by atoms with Crippen LogP contribution in [0.25, 0.3) is 0 Å². The van der Waals surface area contributed by atoms with Gasteiger partial charge in [0.1, 0.15) is 0 Å². The topological polar surface area (TPSA) is 84.2 Å². The number of amides is 2. The molecule has 5 nitrogen and oxygen atoms in total. The van der Waals surface area contributed by atoms with Gasteiger partial charge in [-0.15, -0.1) is 0 Å². The van der Waals surface area contributed by atoms with Crippen LogP contribution in [0.15, 0.2) is 0 Å². The second kappa shape index (κ2) is 5.84. The standard InChI is InChI=1S/C11H23N3O2/c1-7(2)8(3)14-9(15)6-13-11(4,5)10(12)16/h7-8,13H,6H2,1-5H3,(H2,12,16)(H,14,15). The Kier molecular flexibility index (Phi) is 5.44. The molecule has 0 fully saturated rings. The molecule has 0 saturated heterocycles. The summed E-state index contributed by atoms with van der Waals surface area (Å²) in [6, 6.07) is 0.117. The molecule has 0 spiro atoms. The average molecular weight is 229 g/mol. The lowest BCUT2D eigenvalue weighted by Crippen LogP contribution is -2.54. The summed E-state index contributed by atoms with van der Waals surface area (Å²) < 4.78 is 0. The molecule has 16 heavy (non-hydrogen) atoms. The number of nitrogens with one attached hydrogen (secondary N) is 2. The van der Waals surface area contributed by atoms with E-state index in [9.17, 15) is 9.59 Å². The lowest BCUT2D eigenvalue weighted by atomic mass is 10.1. The van der Waals surface area contributed by atoms with Gasteiger partial charge in [0.2, 0.25) is 11.8 Å². The Morgan fingerprint density at radius 3 is 2.12 bits per heavy atom. The fourth-order valence-electron chi connectivity index (χ4n) is 0.860. The molecule has 5 heteroatoms. The molecule has 0 aromatic heterocycles. The zero-order chi connectivity index (χ0) is 12.9. The maximum absolute atomic E-state index is 11.5. The van der Waals surface area contributed by atoms with Crippen molar-refractivity contribution in [3.05, 3.63) is 0 Å². The van der Waals surface area contributed by atoms with E-state index in [1.165, 1.54) is 0 Å². The second-order valence-corrected chi connectivity index (χ2v) is 4.94. The first-order valence-corrected chi connectivity index (χ1v) is 5.51. The number of hydrogen-bond donors (Lipinski definition) is 3. The van der Waals surface area contributed by atoms with E-state index >= 15 is 0 Å². The Balaban J connectivity index is 4.04. The summed E-state index contributed by atoms with van der Waals surface area (Å²) in [7, 11) is 0. The molecule has 0 heterocycles. The third kappa shape index (κ3) is 5.11. The first-order valence-electron chi connectivity index (χ1n) is 5.51. The van der Waals surface area contributed by atoms with Gasteiger partial charge in [-0.2, -0.15) is 0 Å². The highest BCUT2D eigenvalue weighted by molar-refractivity contribution is 5.85. The van der Waals surface area contributed by atoms with Crippen LogP contribution in [0, 0.1) is 5.92 Å². The van der Waals surface area contributed by atoms with E-state index < -0.39 is 11.4 Å². The first-order chi connectivity index (χ1) is 7.16. The minimum Gasteiger partial charge on any atom is -0.368 e. The summed E-state index contributed by atoms with van der Waals surface area (Å²) in [5, 5.41) is 5.65. The van der Waals surface area contributed by atoms with Crippen molar-refractivity contribution in [2.75, 3.05) is 6.54 Å². The van der Waals surface area contributed by atoms with Gasteiger partial charge < -0.3 is 11.1 Å². The molecule has 0 aliphatic carbocycles. The molecule has 1 unspecified atom stereocenters. The predicted molar refractivity (Wildman–Crippen MR) is 63.7 cm³/mol. The van der Waals surface area contributed by atoms with E-state index in [0.29, 0.717) is 5.92 Å². The van der Waals surface area contributed by atoms with Crippen LogP contribution in [-0.4, -0.2) is 29.9 Å². The third-order valence-electron chi connectivity index (χ3n) is 2.70. The molecule has 94 valence electrons. The van der Waals surface area contributed by atoms with E-state index in [2.05, 4.69) is 10.6 Å². The van der Waals surface area contributed by atoms with Crippen LogP contribution in [0.2, 0.25) is 0 Å². The lowest BCUT2D eigenvalue weighted by molar-refractivity contribution is -0.124. The van der Waals surface area contributed by atoms with Crippen molar-refractivity contribution in [1.29, 1.82) is 0 Å². The maximum Gasteiger partial charge on any atom is 0.237 e. The second-order valence-electron chi connectivity index (χ2n) is 4.94. The van der Waals surface area contributed by atoms with E-state index in [4.69, 9.17) is 5.73 Å². The summed E-state index contributed by atoms with van der Waals surface area (Å²) in [5.74, 6) is -0.221. The zero-order valence-electron chi connectivity index (χ0n) is 10.8. The third-order valence-corrected chi connectivity index (χ3v) is 2.70. The van der Waals surface area contributed by atoms with Crippen LogP contribution < -0.4 is 16.4 Å². The summed E-state index contributed by atoms with van der Waals surface area (Å²) in [4.78, 5) is 22.5. The van der Waals surface area contributed by atoms with Crippen molar-refractivity contribution in [2.45, 2.75) is 46.2 Å². The number of hydrogen-bond acceptors (Lipinski definition) is 3. The Bertz CT molecular complexity index is 262. The highest BCUT2D eigenvalue weighted by Gasteiger charge is 2.25. The fourth-order valence-corrected chi connectivity index (χ4v) is 0.860. The van der Waals surface area contributed by atoms with Gasteiger partial charge in [0, 0.05) is 6.04 Å². The summed E-state index contributed by atoms with van der Waals surface area (Å²) in [5.41, 5.74) is 4.31. The van der Waals surface area contributed by atoms with Gasteiger partial charge in [-0.3, -0.25) is 14.9 Å². The Hall–Kier alpha value is -1.10. The number of rotatable bonds is 6. The van der Waals surface area contributed by atoms with Gasteiger partial charge in [-0.25, -0.2) is 0 Å². The van der Waals surface area contributed by atoms with Crippen molar-refractivity contribution in [3.8, 4) is 0 Å². The van der Waals surface area contributed by atoms with E-state index in [0.717, 1.165) is 0 Å². The zero-order valence-corrected chi connectivity index (χ0v) is 10.8. The molecular formula is C11H23N3O2. The van der Waals surface area contributed by atoms with Crippen LogP contribution in [0.5, 0.6) is 0 Å². The number of carbonyl (C=O) groups is 2. The van der Waals surface area contributed by atoms with Crippen molar-refractivity contribution in [3.63, 3.8) is 0 Å². The molecule has 0 bridgehead atoms.